The molecule has 0 bridgehead atoms. The Hall–Kier alpha value is -1.88. The van der Waals surface area contributed by atoms with Crippen LogP contribution < -0.4 is 10.6 Å². The topological polar surface area (TPSA) is 41.1 Å². The molecule has 0 radical (unpaired) electrons. The van der Waals surface area contributed by atoms with Gasteiger partial charge in [0.05, 0.1) is 5.69 Å². The Morgan fingerprint density at radius 1 is 1.20 bits per heavy atom. The van der Waals surface area contributed by atoms with Crippen LogP contribution in [-0.2, 0) is 11.3 Å². The van der Waals surface area contributed by atoms with E-state index >= 15 is 0 Å². The van der Waals surface area contributed by atoms with Crippen molar-refractivity contribution < 1.29 is 9.18 Å². The minimum Gasteiger partial charge on any atom is -0.381 e. The molecule has 0 aliphatic rings. The van der Waals surface area contributed by atoms with E-state index in [4.69, 9.17) is 0 Å². The molecule has 2 aromatic rings. The fourth-order valence-corrected chi connectivity index (χ4v) is 1.99. The lowest BCUT2D eigenvalue weighted by Gasteiger charge is -2.10. The molecule has 0 atom stereocenters. The van der Waals surface area contributed by atoms with Crippen molar-refractivity contribution in [3.63, 3.8) is 0 Å². The molecule has 0 spiro atoms. The second-order valence-electron chi connectivity index (χ2n) is 4.36. The normalized spacial score (nSPS) is 10.2. The van der Waals surface area contributed by atoms with E-state index in [1.807, 2.05) is 24.3 Å². The van der Waals surface area contributed by atoms with E-state index in [1.54, 1.807) is 12.1 Å². The highest BCUT2D eigenvalue weighted by Gasteiger charge is 2.05. The van der Waals surface area contributed by atoms with Crippen molar-refractivity contribution in [3.05, 3.63) is 58.3 Å². The third-order valence-corrected chi connectivity index (χ3v) is 3.22. The van der Waals surface area contributed by atoms with Gasteiger partial charge in [0.25, 0.3) is 0 Å². The molecule has 20 heavy (non-hydrogen) atoms. The maximum Gasteiger partial charge on any atom is 0.221 e. The molecule has 0 fully saturated rings. The lowest BCUT2D eigenvalue weighted by atomic mass is 10.2. The predicted molar refractivity (Wildman–Crippen MR) is 82.2 cm³/mol. The van der Waals surface area contributed by atoms with Gasteiger partial charge in [0.15, 0.2) is 0 Å². The summed E-state index contributed by atoms with van der Waals surface area (Å²) in [6, 6.07) is 12.5. The van der Waals surface area contributed by atoms with Gasteiger partial charge in [0.2, 0.25) is 5.91 Å². The number of carbonyl (C=O) groups is 1. The van der Waals surface area contributed by atoms with Crippen molar-refractivity contribution in [3.8, 4) is 0 Å². The van der Waals surface area contributed by atoms with Gasteiger partial charge in [-0.1, -0.05) is 28.1 Å². The molecule has 5 heteroatoms. The smallest absolute Gasteiger partial charge is 0.221 e. The van der Waals surface area contributed by atoms with E-state index in [2.05, 4.69) is 26.6 Å². The van der Waals surface area contributed by atoms with E-state index in [0.717, 1.165) is 15.7 Å². The zero-order valence-corrected chi connectivity index (χ0v) is 12.5. The third kappa shape index (κ3) is 4.06. The summed E-state index contributed by atoms with van der Waals surface area (Å²) in [5.41, 5.74) is 2.04. The van der Waals surface area contributed by atoms with Crippen LogP contribution in [-0.4, -0.2) is 5.91 Å². The molecule has 0 aliphatic carbocycles. The van der Waals surface area contributed by atoms with Gasteiger partial charge in [-0.05, 0) is 35.9 Å². The minimum atomic E-state index is -0.450. The zero-order chi connectivity index (χ0) is 14.5. The molecule has 0 saturated heterocycles. The molecule has 0 heterocycles. The molecule has 0 saturated carbocycles. The lowest BCUT2D eigenvalue weighted by Crippen LogP contribution is -2.08. The number of rotatable bonds is 4. The summed E-state index contributed by atoms with van der Waals surface area (Å²) in [5, 5.41) is 5.65. The molecule has 0 aromatic heterocycles. The number of benzene rings is 2. The second-order valence-corrected chi connectivity index (χ2v) is 5.27. The first-order valence-electron chi connectivity index (χ1n) is 6.10. The highest BCUT2D eigenvalue weighted by atomic mass is 79.9. The van der Waals surface area contributed by atoms with Crippen molar-refractivity contribution in [2.45, 2.75) is 13.5 Å². The first-order chi connectivity index (χ1) is 9.54. The first kappa shape index (κ1) is 14.5. The minimum absolute atomic E-state index is 0.179. The summed E-state index contributed by atoms with van der Waals surface area (Å²) in [7, 11) is 0. The van der Waals surface area contributed by atoms with E-state index < -0.39 is 5.82 Å². The van der Waals surface area contributed by atoms with Crippen molar-refractivity contribution >= 4 is 33.2 Å². The first-order valence-corrected chi connectivity index (χ1v) is 6.89. The Balaban J connectivity index is 2.06. The molecule has 2 N–H and O–H groups in total. The number of hydrogen-bond acceptors (Lipinski definition) is 2. The van der Waals surface area contributed by atoms with Crippen LogP contribution in [0.5, 0.6) is 0 Å². The monoisotopic (exact) mass is 336 g/mol. The highest BCUT2D eigenvalue weighted by Crippen LogP contribution is 2.20. The maximum absolute atomic E-state index is 13.5. The zero-order valence-electron chi connectivity index (χ0n) is 10.9. The maximum atomic E-state index is 13.5. The fraction of sp³-hybridized carbons (Fsp3) is 0.133. The van der Waals surface area contributed by atoms with E-state index in [-0.39, 0.29) is 11.6 Å². The van der Waals surface area contributed by atoms with Crippen LogP contribution in [0.15, 0.2) is 46.9 Å². The molecule has 3 nitrogen and oxygen atoms in total. The van der Waals surface area contributed by atoms with Crippen LogP contribution in [0.1, 0.15) is 12.5 Å². The summed E-state index contributed by atoms with van der Waals surface area (Å²) in [4.78, 5) is 11.0. The highest BCUT2D eigenvalue weighted by molar-refractivity contribution is 9.10. The number of hydrogen-bond donors (Lipinski definition) is 2. The molecular formula is C15H14BrFN2O. The average Bonchev–Trinajstić information content (AvgIpc) is 2.41. The van der Waals surface area contributed by atoms with Crippen molar-refractivity contribution in [2.75, 3.05) is 10.6 Å². The fourth-order valence-electron chi connectivity index (χ4n) is 1.73. The Labute approximate surface area is 125 Å². The van der Waals surface area contributed by atoms with Gasteiger partial charge < -0.3 is 10.6 Å². The largest absolute Gasteiger partial charge is 0.381 e. The van der Waals surface area contributed by atoms with E-state index in [9.17, 15) is 9.18 Å². The SMILES string of the molecule is CC(=O)Nc1cc(NCc2ccc(Br)cc2)ccc1F. The molecule has 0 unspecified atom stereocenters. The van der Waals surface area contributed by atoms with Crippen molar-refractivity contribution in [1.82, 2.24) is 0 Å². The van der Waals surface area contributed by atoms with Gasteiger partial charge in [-0.3, -0.25) is 4.79 Å². The Morgan fingerprint density at radius 2 is 1.90 bits per heavy atom. The standard InChI is InChI=1S/C15H14BrFN2O/c1-10(20)19-15-8-13(6-7-14(15)17)18-9-11-2-4-12(16)5-3-11/h2-8,18H,9H2,1H3,(H,19,20). The Bertz CT molecular complexity index is 614. The number of nitrogens with one attached hydrogen (secondary N) is 2. The summed E-state index contributed by atoms with van der Waals surface area (Å²) in [5.74, 6) is -0.747. The van der Waals surface area contributed by atoms with Crippen LogP contribution in [0.2, 0.25) is 0 Å². The molecule has 0 aliphatic heterocycles. The van der Waals surface area contributed by atoms with E-state index in [1.165, 1.54) is 13.0 Å². The number of anilines is 2. The summed E-state index contributed by atoms with van der Waals surface area (Å²) in [6.45, 7) is 1.97. The second kappa shape index (κ2) is 6.52. The number of halogens is 2. The molecule has 2 rings (SSSR count). The molecule has 104 valence electrons. The number of carbonyl (C=O) groups excluding carboxylic acids is 1. The summed E-state index contributed by atoms with van der Waals surface area (Å²) >= 11 is 3.38. The molecule has 2 aromatic carbocycles. The number of amides is 1. The molecular weight excluding hydrogens is 323 g/mol. The third-order valence-electron chi connectivity index (χ3n) is 2.69. The van der Waals surface area contributed by atoms with Crippen molar-refractivity contribution in [2.24, 2.45) is 0 Å². The van der Waals surface area contributed by atoms with Gasteiger partial charge in [0.1, 0.15) is 5.82 Å². The van der Waals surface area contributed by atoms with Gasteiger partial charge in [-0.25, -0.2) is 4.39 Å². The summed E-state index contributed by atoms with van der Waals surface area (Å²) < 4.78 is 14.5. The van der Waals surface area contributed by atoms with Crippen LogP contribution in [0.25, 0.3) is 0 Å². The van der Waals surface area contributed by atoms with Crippen LogP contribution in [0.4, 0.5) is 15.8 Å². The van der Waals surface area contributed by atoms with Gasteiger partial charge in [0, 0.05) is 23.6 Å². The van der Waals surface area contributed by atoms with Gasteiger partial charge in [-0.2, -0.15) is 0 Å². The van der Waals surface area contributed by atoms with Gasteiger partial charge in [-0.15, -0.1) is 0 Å². The van der Waals surface area contributed by atoms with Crippen LogP contribution >= 0.6 is 15.9 Å². The average molecular weight is 337 g/mol. The van der Waals surface area contributed by atoms with Gasteiger partial charge >= 0.3 is 0 Å². The summed E-state index contributed by atoms with van der Waals surface area (Å²) in [6.07, 6.45) is 0. The van der Waals surface area contributed by atoms with Crippen LogP contribution in [0.3, 0.4) is 0 Å². The Morgan fingerprint density at radius 3 is 2.55 bits per heavy atom. The van der Waals surface area contributed by atoms with Crippen LogP contribution in [0, 0.1) is 5.82 Å². The quantitative estimate of drug-likeness (QED) is 0.880. The lowest BCUT2D eigenvalue weighted by molar-refractivity contribution is -0.114. The molecule has 1 amide bonds. The van der Waals surface area contributed by atoms with E-state index in [0.29, 0.717) is 6.54 Å². The Kier molecular flexibility index (Phi) is 4.74. The van der Waals surface area contributed by atoms with Crippen molar-refractivity contribution in [1.29, 1.82) is 0 Å². The predicted octanol–water partition coefficient (Wildman–Crippen LogP) is 4.16.